The Hall–Kier alpha value is -3.55. The summed E-state index contributed by atoms with van der Waals surface area (Å²) >= 11 is 0. The van der Waals surface area contributed by atoms with Gasteiger partial charge in [0.2, 0.25) is 5.91 Å². The molecule has 0 saturated heterocycles. The van der Waals surface area contributed by atoms with Crippen LogP contribution in [-0.4, -0.2) is 25.8 Å². The number of nitro benzene ring substituents is 1. The Bertz CT molecular complexity index is 859. The molecule has 0 bridgehead atoms. The summed E-state index contributed by atoms with van der Waals surface area (Å²) in [5, 5.41) is 21.3. The van der Waals surface area contributed by atoms with Gasteiger partial charge in [-0.15, -0.1) is 5.10 Å². The lowest BCUT2D eigenvalue weighted by Crippen LogP contribution is -2.19. The SMILES string of the molecule is O=C(Cn1cc(-c2ccc([N+](=O)[O-])cc2)nn1)Nc1ccccc1. The summed E-state index contributed by atoms with van der Waals surface area (Å²) in [7, 11) is 0. The van der Waals surface area contributed by atoms with Crippen LogP contribution in [0, 0.1) is 10.1 Å². The number of nitrogens with zero attached hydrogens (tertiary/aromatic N) is 4. The summed E-state index contributed by atoms with van der Waals surface area (Å²) in [6.45, 7) is 0.0227. The number of carbonyl (C=O) groups is 1. The second-order valence-corrected chi connectivity index (χ2v) is 5.02. The van der Waals surface area contributed by atoms with Crippen molar-refractivity contribution in [1.29, 1.82) is 0 Å². The van der Waals surface area contributed by atoms with E-state index in [2.05, 4.69) is 15.6 Å². The molecule has 3 rings (SSSR count). The van der Waals surface area contributed by atoms with Gasteiger partial charge in [-0.3, -0.25) is 14.9 Å². The molecule has 8 nitrogen and oxygen atoms in total. The van der Waals surface area contributed by atoms with E-state index < -0.39 is 4.92 Å². The Morgan fingerprint density at radius 2 is 1.83 bits per heavy atom. The Morgan fingerprint density at radius 1 is 1.12 bits per heavy atom. The van der Waals surface area contributed by atoms with Crippen LogP contribution in [0.3, 0.4) is 0 Å². The average Bonchev–Trinajstić information content (AvgIpc) is 3.04. The van der Waals surface area contributed by atoms with Crippen molar-refractivity contribution in [2.75, 3.05) is 5.32 Å². The zero-order valence-corrected chi connectivity index (χ0v) is 12.5. The summed E-state index contributed by atoms with van der Waals surface area (Å²) < 4.78 is 1.41. The number of benzene rings is 2. The molecular formula is C16H13N5O3. The lowest BCUT2D eigenvalue weighted by molar-refractivity contribution is -0.384. The van der Waals surface area contributed by atoms with Crippen LogP contribution < -0.4 is 5.32 Å². The number of non-ortho nitro benzene ring substituents is 1. The first-order valence-electron chi connectivity index (χ1n) is 7.12. The number of carbonyl (C=O) groups excluding carboxylic acids is 1. The van der Waals surface area contributed by atoms with Crippen LogP contribution in [0.1, 0.15) is 0 Å². The van der Waals surface area contributed by atoms with Crippen molar-refractivity contribution in [3.05, 3.63) is 70.9 Å². The van der Waals surface area contributed by atoms with E-state index in [9.17, 15) is 14.9 Å². The highest BCUT2D eigenvalue weighted by molar-refractivity contribution is 5.90. The van der Waals surface area contributed by atoms with Gasteiger partial charge >= 0.3 is 0 Å². The lowest BCUT2D eigenvalue weighted by atomic mass is 10.1. The highest BCUT2D eigenvalue weighted by Gasteiger charge is 2.10. The van der Waals surface area contributed by atoms with E-state index in [-0.39, 0.29) is 18.1 Å². The molecular weight excluding hydrogens is 310 g/mol. The van der Waals surface area contributed by atoms with Crippen molar-refractivity contribution < 1.29 is 9.72 Å². The molecule has 0 atom stereocenters. The topological polar surface area (TPSA) is 103 Å². The summed E-state index contributed by atoms with van der Waals surface area (Å²) in [6, 6.07) is 15.1. The molecule has 1 aromatic heterocycles. The van der Waals surface area contributed by atoms with Gasteiger partial charge in [0.25, 0.3) is 5.69 Å². The zero-order chi connectivity index (χ0) is 16.9. The van der Waals surface area contributed by atoms with Crippen molar-refractivity contribution in [3.8, 4) is 11.3 Å². The number of anilines is 1. The maximum absolute atomic E-state index is 12.0. The van der Waals surface area contributed by atoms with E-state index in [1.165, 1.54) is 16.8 Å². The molecule has 1 amide bonds. The maximum atomic E-state index is 12.0. The second-order valence-electron chi connectivity index (χ2n) is 5.02. The third-order valence-electron chi connectivity index (χ3n) is 3.28. The molecule has 0 spiro atoms. The van der Waals surface area contributed by atoms with Crippen LogP contribution in [0.15, 0.2) is 60.8 Å². The number of nitrogens with one attached hydrogen (secondary N) is 1. The van der Waals surface area contributed by atoms with Gasteiger partial charge in [-0.25, -0.2) is 4.68 Å². The molecule has 1 N–H and O–H groups in total. The minimum absolute atomic E-state index is 0.00776. The Morgan fingerprint density at radius 3 is 2.50 bits per heavy atom. The summed E-state index contributed by atoms with van der Waals surface area (Å²) in [5.74, 6) is -0.221. The van der Waals surface area contributed by atoms with Crippen LogP contribution in [-0.2, 0) is 11.3 Å². The molecule has 0 aliphatic heterocycles. The third-order valence-corrected chi connectivity index (χ3v) is 3.28. The van der Waals surface area contributed by atoms with E-state index in [1.54, 1.807) is 30.5 Å². The minimum Gasteiger partial charge on any atom is -0.324 e. The van der Waals surface area contributed by atoms with Crippen molar-refractivity contribution >= 4 is 17.3 Å². The third kappa shape index (κ3) is 3.61. The van der Waals surface area contributed by atoms with Gasteiger partial charge in [-0.05, 0) is 24.3 Å². The summed E-state index contributed by atoms with van der Waals surface area (Å²) in [4.78, 5) is 22.2. The van der Waals surface area contributed by atoms with Gasteiger partial charge in [0, 0.05) is 23.4 Å². The normalized spacial score (nSPS) is 10.3. The van der Waals surface area contributed by atoms with Crippen LogP contribution in [0.4, 0.5) is 11.4 Å². The average molecular weight is 323 g/mol. The highest BCUT2D eigenvalue weighted by Crippen LogP contribution is 2.20. The molecule has 0 radical (unpaired) electrons. The second kappa shape index (κ2) is 6.69. The molecule has 24 heavy (non-hydrogen) atoms. The first-order chi connectivity index (χ1) is 11.6. The Kier molecular flexibility index (Phi) is 4.28. The largest absolute Gasteiger partial charge is 0.324 e. The molecule has 0 fully saturated rings. The van der Waals surface area contributed by atoms with E-state index in [4.69, 9.17) is 0 Å². The number of rotatable bonds is 5. The first kappa shape index (κ1) is 15.3. The van der Waals surface area contributed by atoms with Gasteiger partial charge in [-0.2, -0.15) is 0 Å². The van der Waals surface area contributed by atoms with Gasteiger partial charge in [0.1, 0.15) is 12.2 Å². The Balaban J connectivity index is 1.67. The molecule has 1 heterocycles. The van der Waals surface area contributed by atoms with E-state index in [0.717, 1.165) is 0 Å². The van der Waals surface area contributed by atoms with Gasteiger partial charge in [0.05, 0.1) is 11.1 Å². The number of para-hydroxylation sites is 1. The fourth-order valence-electron chi connectivity index (χ4n) is 2.13. The van der Waals surface area contributed by atoms with Crippen LogP contribution in [0.2, 0.25) is 0 Å². The molecule has 3 aromatic rings. The first-order valence-corrected chi connectivity index (χ1v) is 7.12. The number of aromatic nitrogens is 3. The zero-order valence-electron chi connectivity index (χ0n) is 12.5. The highest BCUT2D eigenvalue weighted by atomic mass is 16.6. The predicted octanol–water partition coefficient (Wildman–Crippen LogP) is 2.49. The van der Waals surface area contributed by atoms with Crippen molar-refractivity contribution in [2.45, 2.75) is 6.54 Å². The molecule has 2 aromatic carbocycles. The van der Waals surface area contributed by atoms with Gasteiger partial charge in [0.15, 0.2) is 0 Å². The number of amides is 1. The number of nitro groups is 1. The van der Waals surface area contributed by atoms with Crippen LogP contribution in [0.25, 0.3) is 11.3 Å². The molecule has 0 aliphatic rings. The van der Waals surface area contributed by atoms with E-state index in [1.807, 2.05) is 18.2 Å². The minimum atomic E-state index is -0.464. The van der Waals surface area contributed by atoms with Crippen LogP contribution in [0.5, 0.6) is 0 Å². The molecule has 0 aliphatic carbocycles. The molecule has 0 unspecified atom stereocenters. The standard InChI is InChI=1S/C16H13N5O3/c22-16(17-13-4-2-1-3-5-13)11-20-10-15(18-19-20)12-6-8-14(9-7-12)21(23)24/h1-10H,11H2,(H,17,22). The van der Waals surface area contributed by atoms with Crippen molar-refractivity contribution in [2.24, 2.45) is 0 Å². The summed E-state index contributed by atoms with van der Waals surface area (Å²) in [5.41, 5.74) is 1.94. The maximum Gasteiger partial charge on any atom is 0.269 e. The smallest absolute Gasteiger partial charge is 0.269 e. The van der Waals surface area contributed by atoms with Crippen LogP contribution >= 0.6 is 0 Å². The van der Waals surface area contributed by atoms with Gasteiger partial charge in [-0.1, -0.05) is 23.4 Å². The molecule has 8 heteroatoms. The quantitative estimate of drug-likeness (QED) is 0.574. The summed E-state index contributed by atoms with van der Waals surface area (Å²) in [6.07, 6.45) is 1.62. The molecule has 0 saturated carbocycles. The monoisotopic (exact) mass is 323 g/mol. The molecule has 120 valence electrons. The van der Waals surface area contributed by atoms with Gasteiger partial charge < -0.3 is 5.32 Å². The van der Waals surface area contributed by atoms with Crippen molar-refractivity contribution in [1.82, 2.24) is 15.0 Å². The Labute approximate surface area is 136 Å². The fourth-order valence-corrected chi connectivity index (χ4v) is 2.13. The fraction of sp³-hybridized carbons (Fsp3) is 0.0625. The van der Waals surface area contributed by atoms with E-state index >= 15 is 0 Å². The van der Waals surface area contributed by atoms with Crippen molar-refractivity contribution in [3.63, 3.8) is 0 Å². The number of hydrogen-bond donors (Lipinski definition) is 1. The lowest BCUT2D eigenvalue weighted by Gasteiger charge is -2.04. The number of hydrogen-bond acceptors (Lipinski definition) is 5. The predicted molar refractivity (Wildman–Crippen MR) is 87.2 cm³/mol. The van der Waals surface area contributed by atoms with E-state index in [0.29, 0.717) is 16.9 Å².